The molecule has 0 aliphatic carbocycles. The number of halogens is 2. The normalized spacial score (nSPS) is 13.6. The van der Waals surface area contributed by atoms with Crippen LogP contribution in [0.1, 0.15) is 12.5 Å². The first-order chi connectivity index (χ1) is 9.55. The molecule has 0 N–H and O–H groups in total. The summed E-state index contributed by atoms with van der Waals surface area (Å²) in [5.74, 6) is -1.33. The highest BCUT2D eigenvalue weighted by molar-refractivity contribution is 5.27. The smallest absolute Gasteiger partial charge is 0.137 e. The zero-order chi connectivity index (χ0) is 14.6. The van der Waals surface area contributed by atoms with E-state index in [1.165, 1.54) is 29.5 Å². The van der Waals surface area contributed by atoms with Gasteiger partial charge in [0.15, 0.2) is 0 Å². The van der Waals surface area contributed by atoms with Crippen LogP contribution < -0.4 is 0 Å². The Bertz CT molecular complexity index is 635. The Morgan fingerprint density at radius 1 is 1.45 bits per heavy atom. The first kappa shape index (κ1) is 14.0. The van der Waals surface area contributed by atoms with Gasteiger partial charge in [0.25, 0.3) is 0 Å². The van der Waals surface area contributed by atoms with Crippen molar-refractivity contribution < 1.29 is 8.78 Å². The molecule has 20 heavy (non-hydrogen) atoms. The van der Waals surface area contributed by atoms with Gasteiger partial charge in [-0.25, -0.2) is 13.8 Å². The van der Waals surface area contributed by atoms with Crippen molar-refractivity contribution in [2.75, 3.05) is 6.54 Å². The van der Waals surface area contributed by atoms with E-state index in [2.05, 4.69) is 20.1 Å². The predicted octanol–water partition coefficient (Wildman–Crippen LogP) is 2.82. The largest absolute Gasteiger partial charge is 0.252 e. The molecule has 6 nitrogen and oxygen atoms in total. The standard InChI is InChI=1S/C12H12F2N6/c1-12(5-17-19-15,6-20-8-16-7-18-20)10-3-2-9(13)4-11(10)14/h2-4,7-8H,5-6H2,1H3. The Morgan fingerprint density at radius 2 is 2.25 bits per heavy atom. The molecular formula is C12H12F2N6. The van der Waals surface area contributed by atoms with Crippen LogP contribution >= 0.6 is 0 Å². The maximum Gasteiger partial charge on any atom is 0.137 e. The maximum absolute atomic E-state index is 14.0. The summed E-state index contributed by atoms with van der Waals surface area (Å²) in [7, 11) is 0. The SMILES string of the molecule is CC(CN=[N+]=[N-])(Cn1cncn1)c1ccc(F)cc1F. The second-order valence-corrected chi connectivity index (χ2v) is 4.67. The minimum absolute atomic E-state index is 0.0198. The molecule has 0 radical (unpaired) electrons. The van der Waals surface area contributed by atoms with Crippen molar-refractivity contribution in [3.63, 3.8) is 0 Å². The van der Waals surface area contributed by atoms with Crippen molar-refractivity contribution in [1.29, 1.82) is 0 Å². The Balaban J connectivity index is 2.42. The zero-order valence-electron chi connectivity index (χ0n) is 10.7. The Hall–Kier alpha value is -2.47. The summed E-state index contributed by atoms with van der Waals surface area (Å²) in [6.07, 6.45) is 2.84. The number of hydrogen-bond donors (Lipinski definition) is 0. The summed E-state index contributed by atoms with van der Waals surface area (Å²) in [5.41, 5.74) is 7.90. The van der Waals surface area contributed by atoms with Crippen molar-refractivity contribution in [3.05, 3.63) is 58.5 Å². The van der Waals surface area contributed by atoms with Crippen LogP contribution in [0.15, 0.2) is 36.0 Å². The molecule has 2 aromatic rings. The molecule has 0 amide bonds. The summed E-state index contributed by atoms with van der Waals surface area (Å²) in [4.78, 5) is 6.52. The van der Waals surface area contributed by atoms with E-state index in [0.717, 1.165) is 6.07 Å². The van der Waals surface area contributed by atoms with E-state index in [1.54, 1.807) is 6.92 Å². The van der Waals surface area contributed by atoms with Gasteiger partial charge in [-0.2, -0.15) is 5.10 Å². The number of aromatic nitrogens is 3. The van der Waals surface area contributed by atoms with Crippen LogP contribution in [0.4, 0.5) is 8.78 Å². The highest BCUT2D eigenvalue weighted by Crippen LogP contribution is 2.29. The van der Waals surface area contributed by atoms with E-state index < -0.39 is 17.0 Å². The van der Waals surface area contributed by atoms with E-state index in [0.29, 0.717) is 0 Å². The van der Waals surface area contributed by atoms with Crippen molar-refractivity contribution in [2.45, 2.75) is 18.9 Å². The Labute approximate surface area is 113 Å². The molecule has 1 aromatic carbocycles. The molecule has 0 spiro atoms. The fourth-order valence-electron chi connectivity index (χ4n) is 2.06. The second kappa shape index (κ2) is 5.66. The van der Waals surface area contributed by atoms with Crippen LogP contribution in [-0.4, -0.2) is 21.3 Å². The molecule has 104 valence electrons. The van der Waals surface area contributed by atoms with Crippen molar-refractivity contribution in [1.82, 2.24) is 14.8 Å². The lowest BCUT2D eigenvalue weighted by Crippen LogP contribution is -2.33. The molecule has 2 rings (SSSR count). The maximum atomic E-state index is 14.0. The average Bonchev–Trinajstić information content (AvgIpc) is 2.88. The van der Waals surface area contributed by atoms with Crippen molar-refractivity contribution in [3.8, 4) is 0 Å². The highest BCUT2D eigenvalue weighted by Gasteiger charge is 2.30. The molecule has 0 fully saturated rings. The first-order valence-electron chi connectivity index (χ1n) is 5.84. The fourth-order valence-corrected chi connectivity index (χ4v) is 2.06. The molecule has 1 heterocycles. The lowest BCUT2D eigenvalue weighted by Gasteiger charge is -2.28. The minimum Gasteiger partial charge on any atom is -0.252 e. The summed E-state index contributed by atoms with van der Waals surface area (Å²) in [6, 6.07) is 3.34. The van der Waals surface area contributed by atoms with E-state index in [1.807, 2.05) is 0 Å². The lowest BCUT2D eigenvalue weighted by molar-refractivity contribution is 0.367. The van der Waals surface area contributed by atoms with Gasteiger partial charge in [-0.15, -0.1) is 0 Å². The monoisotopic (exact) mass is 278 g/mol. The molecular weight excluding hydrogens is 266 g/mol. The van der Waals surface area contributed by atoms with Gasteiger partial charge in [0, 0.05) is 22.9 Å². The Kier molecular flexibility index (Phi) is 3.95. The molecule has 1 unspecified atom stereocenters. The summed E-state index contributed by atoms with van der Waals surface area (Å²) >= 11 is 0. The second-order valence-electron chi connectivity index (χ2n) is 4.67. The van der Waals surface area contributed by atoms with Gasteiger partial charge in [-0.3, -0.25) is 4.68 Å². The number of benzene rings is 1. The van der Waals surface area contributed by atoms with E-state index in [-0.39, 0.29) is 18.7 Å². The molecule has 0 aliphatic heterocycles. The fraction of sp³-hybridized carbons (Fsp3) is 0.333. The molecule has 0 bridgehead atoms. The molecule has 0 aliphatic rings. The Morgan fingerprint density at radius 3 is 2.85 bits per heavy atom. The third-order valence-electron chi connectivity index (χ3n) is 3.04. The molecule has 8 heteroatoms. The number of nitrogens with zero attached hydrogens (tertiary/aromatic N) is 6. The molecule has 1 aromatic heterocycles. The topological polar surface area (TPSA) is 79.5 Å². The van der Waals surface area contributed by atoms with Gasteiger partial charge in [0.1, 0.15) is 24.3 Å². The van der Waals surface area contributed by atoms with Crippen LogP contribution in [0.2, 0.25) is 0 Å². The number of rotatable bonds is 5. The highest BCUT2D eigenvalue weighted by atomic mass is 19.1. The van der Waals surface area contributed by atoms with E-state index in [4.69, 9.17) is 5.53 Å². The van der Waals surface area contributed by atoms with Crippen molar-refractivity contribution >= 4 is 0 Å². The first-order valence-corrected chi connectivity index (χ1v) is 5.84. The average molecular weight is 278 g/mol. The molecule has 0 saturated heterocycles. The third kappa shape index (κ3) is 2.92. The zero-order valence-corrected chi connectivity index (χ0v) is 10.7. The molecule has 1 atom stereocenters. The third-order valence-corrected chi connectivity index (χ3v) is 3.04. The van der Waals surface area contributed by atoms with Crippen LogP contribution in [0.25, 0.3) is 10.4 Å². The summed E-state index contributed by atoms with van der Waals surface area (Å²) in [5, 5.41) is 7.48. The van der Waals surface area contributed by atoms with Gasteiger partial charge >= 0.3 is 0 Å². The predicted molar refractivity (Wildman–Crippen MR) is 67.7 cm³/mol. The van der Waals surface area contributed by atoms with Crippen LogP contribution in [0.3, 0.4) is 0 Å². The van der Waals surface area contributed by atoms with E-state index in [9.17, 15) is 8.78 Å². The van der Waals surface area contributed by atoms with Gasteiger partial charge in [-0.05, 0) is 17.2 Å². The van der Waals surface area contributed by atoms with Crippen molar-refractivity contribution in [2.24, 2.45) is 5.11 Å². The van der Waals surface area contributed by atoms with E-state index >= 15 is 0 Å². The van der Waals surface area contributed by atoms with Gasteiger partial charge in [-0.1, -0.05) is 18.1 Å². The van der Waals surface area contributed by atoms with Crippen LogP contribution in [0, 0.1) is 11.6 Å². The number of azide groups is 1. The lowest BCUT2D eigenvalue weighted by atomic mass is 9.82. The van der Waals surface area contributed by atoms with Gasteiger partial charge in [0.05, 0.1) is 6.54 Å². The summed E-state index contributed by atoms with van der Waals surface area (Å²) < 4.78 is 28.5. The van der Waals surface area contributed by atoms with Crippen LogP contribution in [0.5, 0.6) is 0 Å². The number of hydrogen-bond acceptors (Lipinski definition) is 3. The molecule has 0 saturated carbocycles. The van der Waals surface area contributed by atoms with Crippen LogP contribution in [-0.2, 0) is 12.0 Å². The quantitative estimate of drug-likeness (QED) is 0.479. The van der Waals surface area contributed by atoms with Gasteiger partial charge in [0.2, 0.25) is 0 Å². The van der Waals surface area contributed by atoms with Gasteiger partial charge < -0.3 is 0 Å². The minimum atomic E-state index is -0.849. The summed E-state index contributed by atoms with van der Waals surface area (Å²) in [6.45, 7) is 2.00.